The van der Waals surface area contributed by atoms with Crippen LogP contribution >= 0.6 is 15.9 Å². The fraction of sp³-hybridized carbons (Fsp3) is 0.0769. The molecule has 0 saturated carbocycles. The van der Waals surface area contributed by atoms with Crippen LogP contribution in [0, 0.1) is 11.3 Å². The first-order chi connectivity index (χ1) is 8.28. The minimum absolute atomic E-state index is 0.445. The van der Waals surface area contributed by atoms with E-state index in [0.29, 0.717) is 18.1 Å². The van der Waals surface area contributed by atoms with Crippen molar-refractivity contribution in [3.05, 3.63) is 58.2 Å². The Bertz CT molecular complexity index is 529. The third kappa shape index (κ3) is 3.30. The first-order valence-corrected chi connectivity index (χ1v) is 5.80. The molecule has 1 aromatic heterocycles. The zero-order valence-electron chi connectivity index (χ0n) is 8.93. The topological polar surface area (TPSA) is 45.9 Å². The van der Waals surface area contributed by atoms with Gasteiger partial charge in [0.1, 0.15) is 6.61 Å². The van der Waals surface area contributed by atoms with Crippen molar-refractivity contribution in [2.45, 2.75) is 6.61 Å². The number of rotatable bonds is 3. The van der Waals surface area contributed by atoms with E-state index in [2.05, 4.69) is 27.0 Å². The predicted octanol–water partition coefficient (Wildman–Crippen LogP) is 3.29. The molecule has 1 heterocycles. The molecule has 4 heteroatoms. The van der Waals surface area contributed by atoms with Crippen LogP contribution in [-0.2, 0) is 6.61 Å². The van der Waals surface area contributed by atoms with Crippen molar-refractivity contribution in [1.82, 2.24) is 4.98 Å². The van der Waals surface area contributed by atoms with Gasteiger partial charge < -0.3 is 4.74 Å². The summed E-state index contributed by atoms with van der Waals surface area (Å²) >= 11 is 3.31. The fourth-order valence-electron chi connectivity index (χ4n) is 1.28. The number of hydrogen-bond acceptors (Lipinski definition) is 3. The average Bonchev–Trinajstić information content (AvgIpc) is 2.39. The van der Waals surface area contributed by atoms with E-state index in [-0.39, 0.29) is 0 Å². The Hall–Kier alpha value is -1.86. The van der Waals surface area contributed by atoms with Gasteiger partial charge in [-0.3, -0.25) is 0 Å². The van der Waals surface area contributed by atoms with E-state index >= 15 is 0 Å². The second kappa shape index (κ2) is 5.46. The molecule has 0 fully saturated rings. The van der Waals surface area contributed by atoms with Gasteiger partial charge >= 0.3 is 0 Å². The highest BCUT2D eigenvalue weighted by molar-refractivity contribution is 9.10. The SMILES string of the molecule is N#Cc1ccc(COc2ccc(Br)cn2)cc1. The van der Waals surface area contributed by atoms with Crippen LogP contribution in [0.15, 0.2) is 47.1 Å². The van der Waals surface area contributed by atoms with Gasteiger partial charge in [-0.2, -0.15) is 5.26 Å². The molecule has 1 aromatic carbocycles. The Balaban J connectivity index is 1.98. The molecule has 0 aliphatic rings. The summed E-state index contributed by atoms with van der Waals surface area (Å²) in [6.07, 6.45) is 1.69. The molecule has 0 amide bonds. The third-order valence-electron chi connectivity index (χ3n) is 2.17. The minimum atomic E-state index is 0.445. The van der Waals surface area contributed by atoms with Gasteiger partial charge in [0.2, 0.25) is 5.88 Å². The molecule has 0 atom stereocenters. The van der Waals surface area contributed by atoms with Gasteiger partial charge in [-0.15, -0.1) is 0 Å². The fourth-order valence-corrected chi connectivity index (χ4v) is 1.51. The standard InChI is InChI=1S/C13H9BrN2O/c14-12-5-6-13(16-8-12)17-9-11-3-1-10(7-15)2-4-11/h1-6,8H,9H2. The summed E-state index contributed by atoms with van der Waals surface area (Å²) in [5, 5.41) is 8.67. The summed E-state index contributed by atoms with van der Waals surface area (Å²) in [7, 11) is 0. The number of aromatic nitrogens is 1. The Morgan fingerprint density at radius 2 is 1.94 bits per heavy atom. The summed E-state index contributed by atoms with van der Waals surface area (Å²) in [5.41, 5.74) is 1.66. The lowest BCUT2D eigenvalue weighted by Gasteiger charge is -2.05. The zero-order chi connectivity index (χ0) is 12.1. The summed E-state index contributed by atoms with van der Waals surface area (Å²) < 4.78 is 6.43. The first-order valence-electron chi connectivity index (χ1n) is 5.01. The molecular weight excluding hydrogens is 280 g/mol. The van der Waals surface area contributed by atoms with E-state index in [1.165, 1.54) is 0 Å². The largest absolute Gasteiger partial charge is 0.473 e. The number of nitrogens with zero attached hydrogens (tertiary/aromatic N) is 2. The summed E-state index contributed by atoms with van der Waals surface area (Å²) in [5.74, 6) is 0.581. The Morgan fingerprint density at radius 1 is 1.18 bits per heavy atom. The van der Waals surface area contributed by atoms with Gasteiger partial charge in [0.15, 0.2) is 0 Å². The molecule has 3 nitrogen and oxygen atoms in total. The number of nitriles is 1. The smallest absolute Gasteiger partial charge is 0.213 e. The summed E-state index contributed by atoms with van der Waals surface area (Å²) in [4.78, 5) is 4.11. The molecule has 0 aliphatic heterocycles. The average molecular weight is 289 g/mol. The molecule has 0 bridgehead atoms. The van der Waals surface area contributed by atoms with Crippen molar-refractivity contribution in [3.63, 3.8) is 0 Å². The van der Waals surface area contributed by atoms with Crippen molar-refractivity contribution < 1.29 is 4.74 Å². The molecule has 2 rings (SSSR count). The molecule has 0 unspecified atom stereocenters. The predicted molar refractivity (Wildman–Crippen MR) is 67.4 cm³/mol. The van der Waals surface area contributed by atoms with Gasteiger partial charge in [0.25, 0.3) is 0 Å². The number of hydrogen-bond donors (Lipinski definition) is 0. The Kier molecular flexibility index (Phi) is 3.73. The van der Waals surface area contributed by atoms with Crippen LogP contribution in [0.4, 0.5) is 0 Å². The van der Waals surface area contributed by atoms with Crippen LogP contribution in [0.2, 0.25) is 0 Å². The van der Waals surface area contributed by atoms with Crippen molar-refractivity contribution in [3.8, 4) is 11.9 Å². The molecule has 0 N–H and O–H groups in total. The van der Waals surface area contributed by atoms with Crippen LogP contribution in [0.1, 0.15) is 11.1 Å². The molecule has 0 radical (unpaired) electrons. The van der Waals surface area contributed by atoms with Crippen LogP contribution in [-0.4, -0.2) is 4.98 Å². The van der Waals surface area contributed by atoms with E-state index in [1.807, 2.05) is 18.2 Å². The monoisotopic (exact) mass is 288 g/mol. The maximum Gasteiger partial charge on any atom is 0.213 e. The van der Waals surface area contributed by atoms with Crippen molar-refractivity contribution in [2.75, 3.05) is 0 Å². The lowest BCUT2D eigenvalue weighted by Crippen LogP contribution is -1.96. The molecule has 2 aromatic rings. The number of pyridine rings is 1. The Morgan fingerprint density at radius 3 is 2.53 bits per heavy atom. The highest BCUT2D eigenvalue weighted by atomic mass is 79.9. The van der Waals surface area contributed by atoms with E-state index in [4.69, 9.17) is 10.00 Å². The quantitative estimate of drug-likeness (QED) is 0.871. The van der Waals surface area contributed by atoms with Crippen molar-refractivity contribution in [1.29, 1.82) is 5.26 Å². The third-order valence-corrected chi connectivity index (χ3v) is 2.64. The van der Waals surface area contributed by atoms with Gasteiger partial charge in [0, 0.05) is 16.7 Å². The lowest BCUT2D eigenvalue weighted by molar-refractivity contribution is 0.294. The molecule has 0 saturated heterocycles. The Labute approximate surface area is 108 Å². The van der Waals surface area contributed by atoms with E-state index in [0.717, 1.165) is 10.0 Å². The highest BCUT2D eigenvalue weighted by Crippen LogP contribution is 2.14. The second-order valence-electron chi connectivity index (χ2n) is 3.41. The van der Waals surface area contributed by atoms with Crippen molar-refractivity contribution >= 4 is 15.9 Å². The summed E-state index contributed by atoms with van der Waals surface area (Å²) in [6.45, 7) is 0.445. The maximum absolute atomic E-state index is 8.67. The normalized spacial score (nSPS) is 9.65. The second-order valence-corrected chi connectivity index (χ2v) is 4.33. The van der Waals surface area contributed by atoms with Gasteiger partial charge in [-0.05, 0) is 39.7 Å². The van der Waals surface area contributed by atoms with Crippen LogP contribution < -0.4 is 4.74 Å². The molecule has 0 spiro atoms. The van der Waals surface area contributed by atoms with Crippen LogP contribution in [0.25, 0.3) is 0 Å². The number of halogens is 1. The van der Waals surface area contributed by atoms with E-state index in [9.17, 15) is 0 Å². The molecule has 0 aliphatic carbocycles. The summed E-state index contributed by atoms with van der Waals surface area (Å²) in [6, 6.07) is 13.0. The molecule has 84 valence electrons. The number of benzene rings is 1. The zero-order valence-corrected chi connectivity index (χ0v) is 10.5. The van der Waals surface area contributed by atoms with Crippen LogP contribution in [0.3, 0.4) is 0 Å². The van der Waals surface area contributed by atoms with Gasteiger partial charge in [-0.25, -0.2) is 4.98 Å². The van der Waals surface area contributed by atoms with Gasteiger partial charge in [0.05, 0.1) is 11.6 Å². The van der Waals surface area contributed by atoms with E-state index < -0.39 is 0 Å². The maximum atomic E-state index is 8.67. The molecule has 17 heavy (non-hydrogen) atoms. The van der Waals surface area contributed by atoms with Gasteiger partial charge in [-0.1, -0.05) is 12.1 Å². The minimum Gasteiger partial charge on any atom is -0.473 e. The number of ether oxygens (including phenoxy) is 1. The van der Waals surface area contributed by atoms with Crippen LogP contribution in [0.5, 0.6) is 5.88 Å². The van der Waals surface area contributed by atoms with E-state index in [1.54, 1.807) is 24.4 Å². The van der Waals surface area contributed by atoms with Crippen molar-refractivity contribution in [2.24, 2.45) is 0 Å². The lowest BCUT2D eigenvalue weighted by atomic mass is 10.2. The molecular formula is C13H9BrN2O. The first kappa shape index (κ1) is 11.6. The highest BCUT2D eigenvalue weighted by Gasteiger charge is 1.97.